The maximum absolute atomic E-state index is 9.60. The standard InChI is InChI=1S/C16H27NO.ClH/c1-5-16(13(4)12-17(6-2)7-3)14-9-8-10-15(18)11-14;/h8-11,13,16,18H,5-7,12H2,1-4H3;1H. The summed E-state index contributed by atoms with van der Waals surface area (Å²) in [5, 5.41) is 9.60. The summed E-state index contributed by atoms with van der Waals surface area (Å²) in [6, 6.07) is 7.72. The van der Waals surface area contributed by atoms with Crippen LogP contribution in [-0.4, -0.2) is 29.6 Å². The lowest BCUT2D eigenvalue weighted by molar-refractivity contribution is 0.239. The number of phenolic OH excluding ortho intramolecular Hbond substituents is 1. The minimum Gasteiger partial charge on any atom is -0.508 e. The fraction of sp³-hybridized carbons (Fsp3) is 0.625. The van der Waals surface area contributed by atoms with Crippen LogP contribution in [0.4, 0.5) is 0 Å². The number of rotatable bonds is 7. The van der Waals surface area contributed by atoms with Crippen molar-refractivity contribution in [3.63, 3.8) is 0 Å². The van der Waals surface area contributed by atoms with E-state index < -0.39 is 0 Å². The first-order valence-corrected chi connectivity index (χ1v) is 7.13. The average molecular weight is 286 g/mol. The van der Waals surface area contributed by atoms with E-state index in [2.05, 4.69) is 38.7 Å². The van der Waals surface area contributed by atoms with Crippen LogP contribution in [-0.2, 0) is 0 Å². The van der Waals surface area contributed by atoms with Crippen molar-refractivity contribution in [2.45, 2.75) is 40.0 Å². The molecule has 0 spiro atoms. The second-order valence-electron chi connectivity index (χ2n) is 5.07. The molecule has 2 unspecified atom stereocenters. The van der Waals surface area contributed by atoms with Gasteiger partial charge in [-0.05, 0) is 49.0 Å². The molecule has 1 aromatic rings. The summed E-state index contributed by atoms with van der Waals surface area (Å²) in [5.74, 6) is 1.51. The highest BCUT2D eigenvalue weighted by Gasteiger charge is 2.19. The first-order valence-electron chi connectivity index (χ1n) is 7.13. The van der Waals surface area contributed by atoms with Gasteiger partial charge in [-0.2, -0.15) is 0 Å². The van der Waals surface area contributed by atoms with Crippen LogP contribution in [0, 0.1) is 5.92 Å². The Hall–Kier alpha value is -0.730. The van der Waals surface area contributed by atoms with Crippen LogP contribution in [0.1, 0.15) is 45.6 Å². The minimum absolute atomic E-state index is 0. The van der Waals surface area contributed by atoms with Gasteiger partial charge in [0.05, 0.1) is 0 Å². The molecule has 0 fully saturated rings. The van der Waals surface area contributed by atoms with E-state index in [1.165, 1.54) is 5.56 Å². The van der Waals surface area contributed by atoms with Crippen molar-refractivity contribution in [3.8, 4) is 5.75 Å². The van der Waals surface area contributed by atoms with E-state index in [1.807, 2.05) is 12.1 Å². The molecule has 2 atom stereocenters. The third kappa shape index (κ3) is 5.42. The highest BCUT2D eigenvalue weighted by molar-refractivity contribution is 5.85. The van der Waals surface area contributed by atoms with Gasteiger partial charge < -0.3 is 10.0 Å². The number of halogens is 1. The fourth-order valence-corrected chi connectivity index (χ4v) is 2.74. The third-order valence-electron chi connectivity index (χ3n) is 3.87. The zero-order valence-corrected chi connectivity index (χ0v) is 13.4. The summed E-state index contributed by atoms with van der Waals surface area (Å²) in [6.07, 6.45) is 1.12. The van der Waals surface area contributed by atoms with E-state index >= 15 is 0 Å². The predicted molar refractivity (Wildman–Crippen MR) is 85.3 cm³/mol. The quantitative estimate of drug-likeness (QED) is 0.808. The van der Waals surface area contributed by atoms with Crippen molar-refractivity contribution >= 4 is 12.4 Å². The first-order chi connectivity index (χ1) is 8.62. The molecular formula is C16H28ClNO. The zero-order valence-electron chi connectivity index (χ0n) is 12.6. The van der Waals surface area contributed by atoms with Gasteiger partial charge in [-0.25, -0.2) is 0 Å². The Morgan fingerprint density at radius 1 is 1.16 bits per heavy atom. The lowest BCUT2D eigenvalue weighted by Gasteiger charge is -2.29. The van der Waals surface area contributed by atoms with E-state index in [0.717, 1.165) is 26.1 Å². The number of nitrogens with zero attached hydrogens (tertiary/aromatic N) is 1. The molecule has 0 saturated carbocycles. The first kappa shape index (κ1) is 18.3. The van der Waals surface area contributed by atoms with Crippen LogP contribution in [0.25, 0.3) is 0 Å². The van der Waals surface area contributed by atoms with Crippen molar-refractivity contribution < 1.29 is 5.11 Å². The molecule has 0 amide bonds. The highest BCUT2D eigenvalue weighted by atomic mass is 35.5. The predicted octanol–water partition coefficient (Wildman–Crippen LogP) is 4.29. The summed E-state index contributed by atoms with van der Waals surface area (Å²) < 4.78 is 0. The number of phenols is 1. The molecule has 0 radical (unpaired) electrons. The van der Waals surface area contributed by atoms with Crippen LogP contribution < -0.4 is 0 Å². The van der Waals surface area contributed by atoms with Gasteiger partial charge in [0.25, 0.3) is 0 Å². The molecule has 2 nitrogen and oxygen atoms in total. The van der Waals surface area contributed by atoms with Crippen LogP contribution in [0.3, 0.4) is 0 Å². The minimum atomic E-state index is 0. The van der Waals surface area contributed by atoms with Gasteiger partial charge in [0.2, 0.25) is 0 Å². The van der Waals surface area contributed by atoms with Crippen molar-refractivity contribution in [2.75, 3.05) is 19.6 Å². The Kier molecular flexibility index (Phi) is 8.86. The lowest BCUT2D eigenvalue weighted by Crippen LogP contribution is -2.30. The molecular weight excluding hydrogens is 258 g/mol. The van der Waals surface area contributed by atoms with E-state index in [1.54, 1.807) is 6.07 Å². The van der Waals surface area contributed by atoms with Crippen LogP contribution >= 0.6 is 12.4 Å². The monoisotopic (exact) mass is 285 g/mol. The Bertz CT molecular complexity index is 352. The summed E-state index contributed by atoms with van der Waals surface area (Å²) in [7, 11) is 0. The average Bonchev–Trinajstić information content (AvgIpc) is 2.37. The van der Waals surface area contributed by atoms with E-state index in [4.69, 9.17) is 0 Å². The second kappa shape index (κ2) is 9.22. The van der Waals surface area contributed by atoms with Gasteiger partial charge >= 0.3 is 0 Å². The maximum Gasteiger partial charge on any atom is 0.115 e. The normalized spacial score (nSPS) is 13.9. The smallest absolute Gasteiger partial charge is 0.115 e. The molecule has 1 N–H and O–H groups in total. The molecule has 110 valence electrons. The summed E-state index contributed by atoms with van der Waals surface area (Å²) in [6.45, 7) is 12.3. The fourth-order valence-electron chi connectivity index (χ4n) is 2.74. The van der Waals surface area contributed by atoms with E-state index in [0.29, 0.717) is 17.6 Å². The van der Waals surface area contributed by atoms with Crippen LogP contribution in [0.15, 0.2) is 24.3 Å². The topological polar surface area (TPSA) is 23.5 Å². The van der Waals surface area contributed by atoms with Crippen molar-refractivity contribution in [3.05, 3.63) is 29.8 Å². The number of benzene rings is 1. The van der Waals surface area contributed by atoms with Gasteiger partial charge in [-0.3, -0.25) is 0 Å². The molecule has 0 saturated heterocycles. The third-order valence-corrected chi connectivity index (χ3v) is 3.87. The summed E-state index contributed by atoms with van der Waals surface area (Å²) in [5.41, 5.74) is 1.26. The maximum atomic E-state index is 9.60. The molecule has 0 heterocycles. The SMILES string of the molecule is CCC(c1cccc(O)c1)C(C)CN(CC)CC.Cl. The van der Waals surface area contributed by atoms with E-state index in [9.17, 15) is 5.11 Å². The van der Waals surface area contributed by atoms with Gasteiger partial charge in [0, 0.05) is 6.54 Å². The molecule has 1 rings (SSSR count). The Labute approximate surface area is 124 Å². The molecule has 3 heteroatoms. The highest BCUT2D eigenvalue weighted by Crippen LogP contribution is 2.30. The molecule has 19 heavy (non-hydrogen) atoms. The van der Waals surface area contributed by atoms with Gasteiger partial charge in [0.1, 0.15) is 5.75 Å². The second-order valence-corrected chi connectivity index (χ2v) is 5.07. The molecule has 0 aromatic heterocycles. The molecule has 0 aliphatic rings. The summed E-state index contributed by atoms with van der Waals surface area (Å²) in [4.78, 5) is 2.47. The van der Waals surface area contributed by atoms with Gasteiger partial charge in [-0.1, -0.05) is 39.8 Å². The Morgan fingerprint density at radius 2 is 1.79 bits per heavy atom. The van der Waals surface area contributed by atoms with Crippen LogP contribution in [0.5, 0.6) is 5.75 Å². The number of aromatic hydroxyl groups is 1. The molecule has 1 aromatic carbocycles. The molecule has 0 aliphatic heterocycles. The Balaban J connectivity index is 0.00000324. The number of hydrogen-bond donors (Lipinski definition) is 1. The lowest BCUT2D eigenvalue weighted by atomic mass is 9.84. The van der Waals surface area contributed by atoms with Crippen molar-refractivity contribution in [1.82, 2.24) is 4.90 Å². The molecule has 0 bridgehead atoms. The van der Waals surface area contributed by atoms with Gasteiger partial charge in [0.15, 0.2) is 0 Å². The van der Waals surface area contributed by atoms with Crippen molar-refractivity contribution in [2.24, 2.45) is 5.92 Å². The Morgan fingerprint density at radius 3 is 2.26 bits per heavy atom. The molecule has 0 aliphatic carbocycles. The largest absolute Gasteiger partial charge is 0.508 e. The van der Waals surface area contributed by atoms with Crippen LogP contribution in [0.2, 0.25) is 0 Å². The van der Waals surface area contributed by atoms with Gasteiger partial charge in [-0.15, -0.1) is 12.4 Å². The summed E-state index contributed by atoms with van der Waals surface area (Å²) >= 11 is 0. The number of hydrogen-bond acceptors (Lipinski definition) is 2. The zero-order chi connectivity index (χ0) is 13.5. The van der Waals surface area contributed by atoms with Crippen molar-refractivity contribution in [1.29, 1.82) is 0 Å². The van der Waals surface area contributed by atoms with E-state index in [-0.39, 0.29) is 12.4 Å².